The number of nitrogens with one attached hydrogen (secondary N) is 1. The number of hydrogen-bond acceptors (Lipinski definition) is 5. The molecule has 0 spiro atoms. The highest BCUT2D eigenvalue weighted by Crippen LogP contribution is 2.31. The van der Waals surface area contributed by atoms with Crippen LogP contribution in [0.1, 0.15) is 10.5 Å². The Labute approximate surface area is 158 Å². The molecule has 0 unspecified atom stereocenters. The standard InChI is InChI=1S/C17H12Cl2N4O3/c18-10-5-11(19)7-12(6-10)20-17(24)14-9-23(22-21-14)13-1-2-15-16(8-13)26-4-3-25-15/h1-2,5-9H,3-4H2,(H,20,24). The highest BCUT2D eigenvalue weighted by Gasteiger charge is 2.15. The third kappa shape index (κ3) is 3.44. The lowest BCUT2D eigenvalue weighted by molar-refractivity contribution is 0.102. The molecule has 132 valence electrons. The molecule has 7 nitrogen and oxygen atoms in total. The van der Waals surface area contributed by atoms with E-state index < -0.39 is 5.91 Å². The number of nitrogens with zero attached hydrogens (tertiary/aromatic N) is 3. The van der Waals surface area contributed by atoms with E-state index in [1.807, 2.05) is 0 Å². The van der Waals surface area contributed by atoms with Gasteiger partial charge in [-0.25, -0.2) is 4.68 Å². The zero-order valence-electron chi connectivity index (χ0n) is 13.3. The van der Waals surface area contributed by atoms with Gasteiger partial charge in [-0.15, -0.1) is 5.10 Å². The van der Waals surface area contributed by atoms with Crippen molar-refractivity contribution in [1.82, 2.24) is 15.0 Å². The van der Waals surface area contributed by atoms with Gasteiger partial charge >= 0.3 is 0 Å². The van der Waals surface area contributed by atoms with Gasteiger partial charge in [0, 0.05) is 21.8 Å². The Balaban J connectivity index is 1.55. The molecular formula is C17H12Cl2N4O3. The molecule has 4 rings (SSSR count). The second kappa shape index (κ2) is 6.86. The maximum atomic E-state index is 12.4. The summed E-state index contributed by atoms with van der Waals surface area (Å²) in [4.78, 5) is 12.4. The van der Waals surface area contributed by atoms with Crippen molar-refractivity contribution in [3.05, 3.63) is 58.3 Å². The first-order chi connectivity index (χ1) is 12.6. The number of carbonyl (C=O) groups is 1. The second-order valence-electron chi connectivity index (χ2n) is 5.49. The highest BCUT2D eigenvalue weighted by molar-refractivity contribution is 6.35. The van der Waals surface area contributed by atoms with Gasteiger partial charge in [-0.1, -0.05) is 28.4 Å². The Hall–Kier alpha value is -2.77. The van der Waals surface area contributed by atoms with Gasteiger partial charge in [0.25, 0.3) is 5.91 Å². The lowest BCUT2D eigenvalue weighted by Gasteiger charge is -2.18. The predicted molar refractivity (Wildman–Crippen MR) is 96.8 cm³/mol. The van der Waals surface area contributed by atoms with Crippen molar-refractivity contribution in [2.75, 3.05) is 18.5 Å². The number of halogens is 2. The number of ether oxygens (including phenoxy) is 2. The Morgan fingerprint density at radius 1 is 1.04 bits per heavy atom. The maximum Gasteiger partial charge on any atom is 0.277 e. The fourth-order valence-electron chi connectivity index (χ4n) is 2.49. The number of carbonyl (C=O) groups excluding carboxylic acids is 1. The van der Waals surface area contributed by atoms with E-state index in [9.17, 15) is 4.79 Å². The fraction of sp³-hybridized carbons (Fsp3) is 0.118. The molecule has 1 N–H and O–H groups in total. The van der Waals surface area contributed by atoms with E-state index in [4.69, 9.17) is 32.7 Å². The number of amides is 1. The van der Waals surface area contributed by atoms with Gasteiger partial charge in [0.05, 0.1) is 11.9 Å². The molecule has 9 heteroatoms. The van der Waals surface area contributed by atoms with Gasteiger partial charge in [-0.3, -0.25) is 4.79 Å². The largest absolute Gasteiger partial charge is 0.486 e. The first-order valence-electron chi connectivity index (χ1n) is 7.68. The molecule has 26 heavy (non-hydrogen) atoms. The van der Waals surface area contributed by atoms with Gasteiger partial charge in [0.2, 0.25) is 0 Å². The third-order valence-corrected chi connectivity index (χ3v) is 4.07. The summed E-state index contributed by atoms with van der Waals surface area (Å²) in [5.41, 5.74) is 1.32. The smallest absolute Gasteiger partial charge is 0.277 e. The van der Waals surface area contributed by atoms with Crippen molar-refractivity contribution >= 4 is 34.8 Å². The zero-order chi connectivity index (χ0) is 18.1. The summed E-state index contributed by atoms with van der Waals surface area (Å²) in [6, 6.07) is 10.1. The minimum atomic E-state index is -0.424. The summed E-state index contributed by atoms with van der Waals surface area (Å²) in [6.07, 6.45) is 1.52. The Kier molecular flexibility index (Phi) is 4.40. The van der Waals surface area contributed by atoms with Gasteiger partial charge in [-0.2, -0.15) is 0 Å². The number of benzene rings is 2. The zero-order valence-corrected chi connectivity index (χ0v) is 14.8. The molecule has 0 saturated carbocycles. The van der Waals surface area contributed by atoms with Crippen LogP contribution >= 0.6 is 23.2 Å². The molecule has 0 atom stereocenters. The number of fused-ring (bicyclic) bond motifs is 1. The summed E-state index contributed by atoms with van der Waals surface area (Å²) in [7, 11) is 0. The van der Waals surface area contributed by atoms with Crippen LogP contribution in [0.3, 0.4) is 0 Å². The van der Waals surface area contributed by atoms with Gasteiger partial charge in [0.15, 0.2) is 17.2 Å². The Morgan fingerprint density at radius 2 is 1.77 bits per heavy atom. The van der Waals surface area contributed by atoms with Crippen LogP contribution in [-0.2, 0) is 0 Å². The molecule has 1 aliphatic heterocycles. The average molecular weight is 391 g/mol. The van der Waals surface area contributed by atoms with E-state index in [1.165, 1.54) is 10.9 Å². The molecule has 0 saturated heterocycles. The molecule has 3 aromatic rings. The minimum Gasteiger partial charge on any atom is -0.486 e. The van der Waals surface area contributed by atoms with Crippen molar-refractivity contribution in [2.45, 2.75) is 0 Å². The van der Waals surface area contributed by atoms with E-state index in [2.05, 4.69) is 15.6 Å². The van der Waals surface area contributed by atoms with Gasteiger partial charge in [0.1, 0.15) is 13.2 Å². The van der Waals surface area contributed by atoms with Crippen molar-refractivity contribution in [3.63, 3.8) is 0 Å². The molecule has 2 heterocycles. The van der Waals surface area contributed by atoms with Crippen molar-refractivity contribution in [3.8, 4) is 17.2 Å². The number of hydrogen-bond donors (Lipinski definition) is 1. The summed E-state index contributed by atoms with van der Waals surface area (Å²) in [5.74, 6) is 0.881. The van der Waals surface area contributed by atoms with E-state index in [0.29, 0.717) is 46.1 Å². The average Bonchev–Trinajstić information content (AvgIpc) is 3.11. The van der Waals surface area contributed by atoms with Crippen molar-refractivity contribution in [1.29, 1.82) is 0 Å². The lowest BCUT2D eigenvalue weighted by Crippen LogP contribution is -2.15. The minimum absolute atomic E-state index is 0.149. The summed E-state index contributed by atoms with van der Waals surface area (Å²) >= 11 is 11.9. The Morgan fingerprint density at radius 3 is 2.54 bits per heavy atom. The molecule has 1 aliphatic rings. The van der Waals surface area contributed by atoms with E-state index in [-0.39, 0.29) is 5.69 Å². The third-order valence-electron chi connectivity index (χ3n) is 3.64. The summed E-state index contributed by atoms with van der Waals surface area (Å²) in [6.45, 7) is 1.01. The van der Waals surface area contributed by atoms with Crippen molar-refractivity contribution < 1.29 is 14.3 Å². The molecular weight excluding hydrogens is 379 g/mol. The number of rotatable bonds is 3. The highest BCUT2D eigenvalue weighted by atomic mass is 35.5. The number of anilines is 1. The van der Waals surface area contributed by atoms with Crippen LogP contribution in [0.25, 0.3) is 5.69 Å². The normalized spacial score (nSPS) is 12.7. The van der Waals surface area contributed by atoms with Crippen LogP contribution in [0.4, 0.5) is 5.69 Å². The predicted octanol–water partition coefficient (Wildman–Crippen LogP) is 3.60. The molecule has 1 amide bonds. The van der Waals surface area contributed by atoms with Crippen LogP contribution in [0.5, 0.6) is 11.5 Å². The van der Waals surface area contributed by atoms with Crippen LogP contribution < -0.4 is 14.8 Å². The summed E-state index contributed by atoms with van der Waals surface area (Å²) < 4.78 is 12.5. The molecule has 0 bridgehead atoms. The van der Waals surface area contributed by atoms with E-state index in [0.717, 1.165) is 0 Å². The van der Waals surface area contributed by atoms with Crippen LogP contribution in [0.15, 0.2) is 42.6 Å². The second-order valence-corrected chi connectivity index (χ2v) is 6.36. The van der Waals surface area contributed by atoms with Crippen LogP contribution in [0, 0.1) is 0 Å². The van der Waals surface area contributed by atoms with Crippen LogP contribution in [0.2, 0.25) is 10.0 Å². The first-order valence-corrected chi connectivity index (χ1v) is 8.44. The Bertz CT molecular complexity index is 970. The van der Waals surface area contributed by atoms with E-state index >= 15 is 0 Å². The molecule has 0 radical (unpaired) electrons. The molecule has 0 fully saturated rings. The first kappa shape index (κ1) is 16.7. The lowest BCUT2D eigenvalue weighted by atomic mass is 10.2. The van der Waals surface area contributed by atoms with Gasteiger partial charge in [-0.05, 0) is 30.3 Å². The molecule has 1 aromatic heterocycles. The summed E-state index contributed by atoms with van der Waals surface area (Å²) in [5, 5.41) is 11.4. The van der Waals surface area contributed by atoms with E-state index in [1.54, 1.807) is 36.4 Å². The quantitative estimate of drug-likeness (QED) is 0.738. The molecule has 2 aromatic carbocycles. The number of aromatic nitrogens is 3. The monoisotopic (exact) mass is 390 g/mol. The maximum absolute atomic E-state index is 12.4. The van der Waals surface area contributed by atoms with Gasteiger partial charge < -0.3 is 14.8 Å². The molecule has 0 aliphatic carbocycles. The van der Waals surface area contributed by atoms with Crippen molar-refractivity contribution in [2.24, 2.45) is 0 Å². The SMILES string of the molecule is O=C(Nc1cc(Cl)cc(Cl)c1)c1cn(-c2ccc3c(c2)OCCO3)nn1. The fourth-order valence-corrected chi connectivity index (χ4v) is 3.02. The topological polar surface area (TPSA) is 78.3 Å². The van der Waals surface area contributed by atoms with Crippen LogP contribution in [-0.4, -0.2) is 34.1 Å².